The summed E-state index contributed by atoms with van der Waals surface area (Å²) in [6.07, 6.45) is 3.17. The van der Waals surface area contributed by atoms with Gasteiger partial charge in [-0.05, 0) is 43.7 Å². The molecule has 1 aromatic carbocycles. The summed E-state index contributed by atoms with van der Waals surface area (Å²) < 4.78 is 18.8. The Bertz CT molecular complexity index is 488. The SMILES string of the molecule is Cc1cc(F)cc(-c2cnc(CCCN)o2)c1. The van der Waals surface area contributed by atoms with Crippen molar-refractivity contribution in [3.05, 3.63) is 41.7 Å². The molecule has 0 saturated carbocycles. The predicted octanol–water partition coefficient (Wildman–Crippen LogP) is 2.68. The van der Waals surface area contributed by atoms with Crippen molar-refractivity contribution in [2.24, 2.45) is 5.73 Å². The van der Waals surface area contributed by atoms with Crippen molar-refractivity contribution in [1.82, 2.24) is 4.98 Å². The van der Waals surface area contributed by atoms with Gasteiger partial charge in [-0.15, -0.1) is 0 Å². The fourth-order valence-electron chi connectivity index (χ4n) is 1.69. The Hall–Kier alpha value is -1.68. The van der Waals surface area contributed by atoms with E-state index in [4.69, 9.17) is 10.2 Å². The third kappa shape index (κ3) is 2.91. The quantitative estimate of drug-likeness (QED) is 0.884. The molecular weight excluding hydrogens is 219 g/mol. The lowest BCUT2D eigenvalue weighted by atomic mass is 10.1. The summed E-state index contributed by atoms with van der Waals surface area (Å²) in [7, 11) is 0. The molecule has 0 bridgehead atoms. The molecule has 2 N–H and O–H groups in total. The number of halogens is 1. The number of rotatable bonds is 4. The molecule has 0 spiro atoms. The number of aryl methyl sites for hydroxylation is 2. The van der Waals surface area contributed by atoms with E-state index in [2.05, 4.69) is 4.98 Å². The second-order valence-electron chi connectivity index (χ2n) is 4.03. The largest absolute Gasteiger partial charge is 0.441 e. The van der Waals surface area contributed by atoms with Crippen molar-refractivity contribution in [1.29, 1.82) is 0 Å². The number of nitrogens with zero attached hydrogens (tertiary/aromatic N) is 1. The summed E-state index contributed by atoms with van der Waals surface area (Å²) in [6, 6.07) is 4.80. The zero-order valence-corrected chi connectivity index (χ0v) is 9.74. The first-order valence-electron chi connectivity index (χ1n) is 5.61. The fraction of sp³-hybridized carbons (Fsp3) is 0.308. The lowest BCUT2D eigenvalue weighted by Gasteiger charge is -1.99. The Kier molecular flexibility index (Phi) is 3.54. The molecule has 0 unspecified atom stereocenters. The number of nitrogens with two attached hydrogens (primary N) is 1. The Morgan fingerprint density at radius 3 is 2.88 bits per heavy atom. The van der Waals surface area contributed by atoms with Gasteiger partial charge >= 0.3 is 0 Å². The monoisotopic (exact) mass is 234 g/mol. The zero-order valence-electron chi connectivity index (χ0n) is 9.74. The van der Waals surface area contributed by atoms with Crippen molar-refractivity contribution in [3.8, 4) is 11.3 Å². The van der Waals surface area contributed by atoms with Crippen LogP contribution in [0.15, 0.2) is 28.8 Å². The molecule has 0 aliphatic rings. The number of oxazole rings is 1. The van der Waals surface area contributed by atoms with E-state index in [-0.39, 0.29) is 5.82 Å². The first-order chi connectivity index (χ1) is 8.19. The van der Waals surface area contributed by atoms with Crippen LogP contribution in [0, 0.1) is 12.7 Å². The second-order valence-corrected chi connectivity index (χ2v) is 4.03. The van der Waals surface area contributed by atoms with Crippen LogP contribution >= 0.6 is 0 Å². The molecule has 2 aromatic rings. The molecule has 0 amide bonds. The zero-order chi connectivity index (χ0) is 12.3. The minimum atomic E-state index is -0.264. The summed E-state index contributed by atoms with van der Waals surface area (Å²) in [5.74, 6) is 0.979. The van der Waals surface area contributed by atoms with Gasteiger partial charge in [0.15, 0.2) is 11.7 Å². The third-order valence-corrected chi connectivity index (χ3v) is 2.47. The van der Waals surface area contributed by atoms with Gasteiger partial charge in [-0.2, -0.15) is 0 Å². The third-order valence-electron chi connectivity index (χ3n) is 2.47. The summed E-state index contributed by atoms with van der Waals surface area (Å²) in [5, 5.41) is 0. The van der Waals surface area contributed by atoms with Crippen molar-refractivity contribution in [3.63, 3.8) is 0 Å². The highest BCUT2D eigenvalue weighted by Crippen LogP contribution is 2.23. The topological polar surface area (TPSA) is 52.0 Å². The van der Waals surface area contributed by atoms with Crippen LogP contribution in [0.25, 0.3) is 11.3 Å². The summed E-state index contributed by atoms with van der Waals surface area (Å²) in [6.45, 7) is 2.45. The molecule has 1 aromatic heterocycles. The molecule has 0 fully saturated rings. The first kappa shape index (κ1) is 11.8. The van der Waals surface area contributed by atoms with Gasteiger partial charge < -0.3 is 10.2 Å². The van der Waals surface area contributed by atoms with Crippen LogP contribution in [-0.4, -0.2) is 11.5 Å². The minimum Gasteiger partial charge on any atom is -0.441 e. The standard InChI is InChI=1S/C13H15FN2O/c1-9-5-10(7-11(14)6-9)12-8-16-13(17-12)3-2-4-15/h5-8H,2-4,15H2,1H3. The van der Waals surface area contributed by atoms with E-state index >= 15 is 0 Å². The van der Waals surface area contributed by atoms with Crippen LogP contribution in [-0.2, 0) is 6.42 Å². The molecular formula is C13H15FN2O. The maximum Gasteiger partial charge on any atom is 0.194 e. The van der Waals surface area contributed by atoms with Crippen LogP contribution in [0.4, 0.5) is 4.39 Å². The van der Waals surface area contributed by atoms with Crippen molar-refractivity contribution in [2.45, 2.75) is 19.8 Å². The van der Waals surface area contributed by atoms with Crippen LogP contribution in [0.5, 0.6) is 0 Å². The second kappa shape index (κ2) is 5.10. The average molecular weight is 234 g/mol. The van der Waals surface area contributed by atoms with Crippen molar-refractivity contribution < 1.29 is 8.81 Å². The van der Waals surface area contributed by atoms with Gasteiger partial charge in [-0.25, -0.2) is 9.37 Å². The number of hydrogen-bond acceptors (Lipinski definition) is 3. The Labute approximate surface area is 99.5 Å². The molecule has 0 aliphatic heterocycles. The van der Waals surface area contributed by atoms with Crippen LogP contribution in [0.1, 0.15) is 17.9 Å². The van der Waals surface area contributed by atoms with E-state index in [0.717, 1.165) is 12.0 Å². The molecule has 0 atom stereocenters. The fourth-order valence-corrected chi connectivity index (χ4v) is 1.69. The lowest BCUT2D eigenvalue weighted by molar-refractivity contribution is 0.499. The summed E-state index contributed by atoms with van der Waals surface area (Å²) >= 11 is 0. The minimum absolute atomic E-state index is 0.264. The molecule has 1 heterocycles. The lowest BCUT2D eigenvalue weighted by Crippen LogP contribution is -2.00. The van der Waals surface area contributed by atoms with Crippen molar-refractivity contribution in [2.75, 3.05) is 6.54 Å². The molecule has 17 heavy (non-hydrogen) atoms. The number of aromatic nitrogens is 1. The molecule has 90 valence electrons. The van der Waals surface area contributed by atoms with E-state index in [9.17, 15) is 4.39 Å². The Morgan fingerprint density at radius 2 is 2.18 bits per heavy atom. The van der Waals surface area contributed by atoms with Gasteiger partial charge in [0.2, 0.25) is 0 Å². The Morgan fingerprint density at radius 1 is 1.35 bits per heavy atom. The predicted molar refractivity (Wildman–Crippen MR) is 64.0 cm³/mol. The first-order valence-corrected chi connectivity index (χ1v) is 5.61. The van der Waals surface area contributed by atoms with E-state index in [1.54, 1.807) is 6.20 Å². The normalized spacial score (nSPS) is 10.8. The number of benzene rings is 1. The summed E-state index contributed by atoms with van der Waals surface area (Å²) in [5.41, 5.74) is 6.99. The molecule has 0 radical (unpaired) electrons. The highest BCUT2D eigenvalue weighted by molar-refractivity contribution is 5.57. The van der Waals surface area contributed by atoms with Crippen LogP contribution < -0.4 is 5.73 Å². The van der Waals surface area contributed by atoms with Gasteiger partial charge in [0.25, 0.3) is 0 Å². The molecule has 3 nitrogen and oxygen atoms in total. The van der Waals surface area contributed by atoms with Crippen molar-refractivity contribution >= 4 is 0 Å². The van der Waals surface area contributed by atoms with E-state index in [1.165, 1.54) is 12.1 Å². The van der Waals surface area contributed by atoms with Gasteiger partial charge in [0.05, 0.1) is 6.20 Å². The maximum atomic E-state index is 13.2. The maximum absolute atomic E-state index is 13.2. The van der Waals surface area contributed by atoms with Gasteiger partial charge in [0, 0.05) is 12.0 Å². The van der Waals surface area contributed by atoms with Gasteiger partial charge in [-0.3, -0.25) is 0 Å². The average Bonchev–Trinajstić information content (AvgIpc) is 2.73. The van der Waals surface area contributed by atoms with Crippen LogP contribution in [0.2, 0.25) is 0 Å². The highest BCUT2D eigenvalue weighted by atomic mass is 19.1. The van der Waals surface area contributed by atoms with Gasteiger partial charge in [0.1, 0.15) is 5.82 Å². The smallest absolute Gasteiger partial charge is 0.194 e. The van der Waals surface area contributed by atoms with E-state index in [0.29, 0.717) is 30.2 Å². The molecule has 0 aliphatic carbocycles. The molecule has 0 saturated heterocycles. The van der Waals surface area contributed by atoms with Gasteiger partial charge in [-0.1, -0.05) is 0 Å². The highest BCUT2D eigenvalue weighted by Gasteiger charge is 2.07. The Balaban J connectivity index is 2.24. The van der Waals surface area contributed by atoms with E-state index in [1.807, 2.05) is 13.0 Å². The summed E-state index contributed by atoms with van der Waals surface area (Å²) in [4.78, 5) is 4.14. The molecule has 2 rings (SSSR count). The molecule has 4 heteroatoms. The number of hydrogen-bond donors (Lipinski definition) is 1. The van der Waals surface area contributed by atoms with E-state index < -0.39 is 0 Å². The van der Waals surface area contributed by atoms with Crippen LogP contribution in [0.3, 0.4) is 0 Å².